The third-order valence-corrected chi connectivity index (χ3v) is 3.89. The number of rotatable bonds is 3. The first kappa shape index (κ1) is 15.0. The minimum atomic E-state index is -0.472. The van der Waals surface area contributed by atoms with E-state index in [1.165, 1.54) is 12.1 Å². The standard InChI is InChI=1S/C15H12BrClFNO/c1-9(10-6-7-14(18)13(17)8-10)19-15(20)11-4-2-3-5-12(11)16/h2-9H,1H3,(H,19,20). The molecular formula is C15H12BrClFNO. The highest BCUT2D eigenvalue weighted by Gasteiger charge is 2.14. The average Bonchev–Trinajstić information content (AvgIpc) is 2.42. The first-order valence-corrected chi connectivity index (χ1v) is 7.16. The van der Waals surface area contributed by atoms with Crippen molar-refractivity contribution in [2.45, 2.75) is 13.0 Å². The van der Waals surface area contributed by atoms with Crippen molar-refractivity contribution in [3.63, 3.8) is 0 Å². The summed E-state index contributed by atoms with van der Waals surface area (Å²) in [5, 5.41) is 2.90. The van der Waals surface area contributed by atoms with Gasteiger partial charge in [0.25, 0.3) is 5.91 Å². The van der Waals surface area contributed by atoms with E-state index >= 15 is 0 Å². The quantitative estimate of drug-likeness (QED) is 0.846. The molecule has 1 N–H and O–H groups in total. The van der Waals surface area contributed by atoms with Crippen LogP contribution in [0.25, 0.3) is 0 Å². The van der Waals surface area contributed by atoms with Gasteiger partial charge < -0.3 is 5.32 Å². The van der Waals surface area contributed by atoms with Crippen molar-refractivity contribution in [1.29, 1.82) is 0 Å². The van der Waals surface area contributed by atoms with Crippen LogP contribution in [0.2, 0.25) is 5.02 Å². The Bertz CT molecular complexity index is 648. The van der Waals surface area contributed by atoms with E-state index in [-0.39, 0.29) is 17.0 Å². The van der Waals surface area contributed by atoms with Gasteiger partial charge in [-0.25, -0.2) is 4.39 Å². The van der Waals surface area contributed by atoms with Gasteiger partial charge in [-0.1, -0.05) is 29.8 Å². The molecule has 2 aromatic rings. The van der Waals surface area contributed by atoms with E-state index in [1.807, 2.05) is 13.0 Å². The van der Waals surface area contributed by atoms with Gasteiger partial charge in [-0.15, -0.1) is 0 Å². The number of halogens is 3. The summed E-state index contributed by atoms with van der Waals surface area (Å²) in [5.74, 6) is -0.676. The van der Waals surface area contributed by atoms with E-state index in [2.05, 4.69) is 21.2 Å². The van der Waals surface area contributed by atoms with E-state index in [1.54, 1.807) is 24.3 Å². The summed E-state index contributed by atoms with van der Waals surface area (Å²) in [7, 11) is 0. The van der Waals surface area contributed by atoms with Crippen molar-refractivity contribution < 1.29 is 9.18 Å². The van der Waals surface area contributed by atoms with Crippen molar-refractivity contribution >= 4 is 33.4 Å². The highest BCUT2D eigenvalue weighted by Crippen LogP contribution is 2.22. The maximum Gasteiger partial charge on any atom is 0.252 e. The van der Waals surface area contributed by atoms with Crippen LogP contribution in [0.1, 0.15) is 28.9 Å². The molecule has 0 aliphatic carbocycles. The number of carbonyl (C=O) groups is 1. The Kier molecular flexibility index (Phi) is 4.78. The molecule has 2 rings (SSSR count). The predicted molar refractivity (Wildman–Crippen MR) is 81.4 cm³/mol. The van der Waals surface area contributed by atoms with E-state index in [0.29, 0.717) is 5.56 Å². The Balaban J connectivity index is 2.15. The Hall–Kier alpha value is -1.39. The van der Waals surface area contributed by atoms with Gasteiger partial charge in [0.2, 0.25) is 0 Å². The van der Waals surface area contributed by atoms with E-state index in [0.717, 1.165) is 10.0 Å². The molecule has 5 heteroatoms. The van der Waals surface area contributed by atoms with Crippen LogP contribution in [0.15, 0.2) is 46.9 Å². The lowest BCUT2D eigenvalue weighted by molar-refractivity contribution is 0.0939. The second-order valence-corrected chi connectivity index (χ2v) is 5.61. The van der Waals surface area contributed by atoms with Crippen molar-refractivity contribution in [3.05, 3.63) is 68.9 Å². The van der Waals surface area contributed by atoms with E-state index in [9.17, 15) is 9.18 Å². The molecule has 0 heterocycles. The molecule has 1 unspecified atom stereocenters. The fourth-order valence-corrected chi connectivity index (χ4v) is 2.44. The van der Waals surface area contributed by atoms with Crippen molar-refractivity contribution in [2.75, 3.05) is 0 Å². The highest BCUT2D eigenvalue weighted by molar-refractivity contribution is 9.10. The molecule has 0 spiro atoms. The summed E-state index contributed by atoms with van der Waals surface area (Å²) >= 11 is 9.07. The molecule has 1 atom stereocenters. The molecule has 20 heavy (non-hydrogen) atoms. The fraction of sp³-hybridized carbons (Fsp3) is 0.133. The molecule has 0 saturated carbocycles. The lowest BCUT2D eigenvalue weighted by Crippen LogP contribution is -2.26. The van der Waals surface area contributed by atoms with Gasteiger partial charge in [0.1, 0.15) is 5.82 Å². The van der Waals surface area contributed by atoms with Gasteiger partial charge in [-0.3, -0.25) is 4.79 Å². The Morgan fingerprint density at radius 3 is 2.65 bits per heavy atom. The lowest BCUT2D eigenvalue weighted by atomic mass is 10.1. The summed E-state index contributed by atoms with van der Waals surface area (Å²) in [5.41, 5.74) is 1.30. The van der Waals surface area contributed by atoms with Gasteiger partial charge in [0, 0.05) is 4.47 Å². The first-order valence-electron chi connectivity index (χ1n) is 5.99. The molecule has 2 nitrogen and oxygen atoms in total. The molecule has 0 radical (unpaired) electrons. The summed E-state index contributed by atoms with van der Waals surface area (Å²) in [6.07, 6.45) is 0. The second kappa shape index (κ2) is 6.37. The number of hydrogen-bond donors (Lipinski definition) is 1. The second-order valence-electron chi connectivity index (χ2n) is 4.35. The molecule has 0 bridgehead atoms. The zero-order chi connectivity index (χ0) is 14.7. The molecule has 0 fully saturated rings. The van der Waals surface area contributed by atoms with E-state index < -0.39 is 5.82 Å². The van der Waals surface area contributed by atoms with Crippen molar-refractivity contribution in [1.82, 2.24) is 5.32 Å². The van der Waals surface area contributed by atoms with Crippen molar-refractivity contribution in [2.24, 2.45) is 0 Å². The number of nitrogens with one attached hydrogen (secondary N) is 1. The van der Waals surface area contributed by atoms with Crippen LogP contribution >= 0.6 is 27.5 Å². The molecule has 0 aliphatic heterocycles. The summed E-state index contributed by atoms with van der Waals surface area (Å²) in [4.78, 5) is 12.2. The third-order valence-electron chi connectivity index (χ3n) is 2.91. The zero-order valence-electron chi connectivity index (χ0n) is 10.7. The van der Waals surface area contributed by atoms with Gasteiger partial charge >= 0.3 is 0 Å². The maximum atomic E-state index is 13.1. The van der Waals surface area contributed by atoms with Crippen LogP contribution in [0.5, 0.6) is 0 Å². The Morgan fingerprint density at radius 2 is 2.00 bits per heavy atom. The summed E-state index contributed by atoms with van der Waals surface area (Å²) in [6, 6.07) is 11.3. The van der Waals surface area contributed by atoms with Crippen LogP contribution < -0.4 is 5.32 Å². The molecular weight excluding hydrogens is 345 g/mol. The summed E-state index contributed by atoms with van der Waals surface area (Å²) < 4.78 is 13.8. The maximum absolute atomic E-state index is 13.1. The van der Waals surface area contributed by atoms with E-state index in [4.69, 9.17) is 11.6 Å². The number of carbonyl (C=O) groups excluding carboxylic acids is 1. The molecule has 0 aromatic heterocycles. The summed E-state index contributed by atoms with van der Waals surface area (Å²) in [6.45, 7) is 1.82. The van der Waals surface area contributed by atoms with Crippen molar-refractivity contribution in [3.8, 4) is 0 Å². The minimum absolute atomic E-state index is 0.0458. The van der Waals surface area contributed by atoms with Gasteiger partial charge in [-0.05, 0) is 52.7 Å². The fourth-order valence-electron chi connectivity index (χ4n) is 1.78. The van der Waals surface area contributed by atoms with Crippen LogP contribution in [0, 0.1) is 5.82 Å². The molecule has 104 valence electrons. The number of amides is 1. The number of hydrogen-bond acceptors (Lipinski definition) is 1. The topological polar surface area (TPSA) is 29.1 Å². The molecule has 2 aromatic carbocycles. The van der Waals surface area contributed by atoms with Crippen LogP contribution in [-0.2, 0) is 0 Å². The highest BCUT2D eigenvalue weighted by atomic mass is 79.9. The minimum Gasteiger partial charge on any atom is -0.345 e. The molecule has 0 saturated heterocycles. The normalized spacial score (nSPS) is 12.0. The van der Waals surface area contributed by atoms with Gasteiger partial charge in [-0.2, -0.15) is 0 Å². The molecule has 1 amide bonds. The SMILES string of the molecule is CC(NC(=O)c1ccccc1Br)c1ccc(F)c(Cl)c1. The first-order chi connectivity index (χ1) is 9.49. The third kappa shape index (κ3) is 3.38. The zero-order valence-corrected chi connectivity index (χ0v) is 13.0. The average molecular weight is 357 g/mol. The van der Waals surface area contributed by atoms with Crippen LogP contribution in [-0.4, -0.2) is 5.91 Å². The predicted octanol–water partition coefficient (Wildman–Crippen LogP) is 4.73. The van der Waals surface area contributed by atoms with Crippen LogP contribution in [0.4, 0.5) is 4.39 Å². The Morgan fingerprint density at radius 1 is 1.30 bits per heavy atom. The smallest absolute Gasteiger partial charge is 0.252 e. The van der Waals surface area contributed by atoms with Crippen LogP contribution in [0.3, 0.4) is 0 Å². The van der Waals surface area contributed by atoms with Gasteiger partial charge in [0.05, 0.1) is 16.6 Å². The number of benzene rings is 2. The Labute approximate surface area is 130 Å². The lowest BCUT2D eigenvalue weighted by Gasteiger charge is -2.15. The molecule has 0 aliphatic rings. The van der Waals surface area contributed by atoms with Gasteiger partial charge in [0.15, 0.2) is 0 Å². The monoisotopic (exact) mass is 355 g/mol. The largest absolute Gasteiger partial charge is 0.345 e.